The smallest absolute Gasteiger partial charge is 0.185 e. The Morgan fingerprint density at radius 3 is 2.81 bits per heavy atom. The Morgan fingerprint density at radius 2 is 2.10 bits per heavy atom. The van der Waals surface area contributed by atoms with Crippen molar-refractivity contribution in [2.24, 2.45) is 11.7 Å². The summed E-state index contributed by atoms with van der Waals surface area (Å²) < 4.78 is 13.0. The topological polar surface area (TPSA) is 42.2 Å². The summed E-state index contributed by atoms with van der Waals surface area (Å²) in [6.07, 6.45) is 2.35. The van der Waals surface area contributed by atoms with Gasteiger partial charge in [0.25, 0.3) is 0 Å². The molecule has 1 fully saturated rings. The van der Waals surface area contributed by atoms with E-state index in [2.05, 4.69) is 16.8 Å². The number of aromatic nitrogens is 1. The second-order valence-corrected chi connectivity index (χ2v) is 6.48. The fourth-order valence-corrected chi connectivity index (χ4v) is 3.75. The van der Waals surface area contributed by atoms with E-state index in [9.17, 15) is 4.39 Å². The molecule has 1 aliphatic rings. The number of hydrogen-bond acceptors (Lipinski definition) is 4. The molecule has 1 saturated heterocycles. The number of hydrogen-bond donors (Lipinski definition) is 1. The van der Waals surface area contributed by atoms with Crippen LogP contribution in [0.4, 0.5) is 9.52 Å². The van der Waals surface area contributed by atoms with Gasteiger partial charge in [-0.15, -0.1) is 11.3 Å². The lowest BCUT2D eigenvalue weighted by Crippen LogP contribution is -2.29. The van der Waals surface area contributed by atoms with E-state index in [1.807, 2.05) is 5.38 Å². The average molecular weight is 305 g/mol. The molecular weight excluding hydrogens is 285 g/mol. The van der Waals surface area contributed by atoms with Crippen LogP contribution in [-0.4, -0.2) is 24.1 Å². The van der Waals surface area contributed by atoms with Crippen molar-refractivity contribution < 1.29 is 4.39 Å². The van der Waals surface area contributed by atoms with Crippen molar-refractivity contribution >= 4 is 16.5 Å². The van der Waals surface area contributed by atoms with Gasteiger partial charge in [0.15, 0.2) is 5.13 Å². The van der Waals surface area contributed by atoms with Crippen LogP contribution in [0.1, 0.15) is 19.8 Å². The normalized spacial score (nSPS) is 22.0. The summed E-state index contributed by atoms with van der Waals surface area (Å²) in [6, 6.07) is 6.71. The van der Waals surface area contributed by atoms with E-state index in [4.69, 9.17) is 5.73 Å². The number of thiazole rings is 1. The summed E-state index contributed by atoms with van der Waals surface area (Å²) >= 11 is 1.63. The summed E-state index contributed by atoms with van der Waals surface area (Å²) in [7, 11) is 0. The highest BCUT2D eigenvalue weighted by Gasteiger charge is 2.30. The summed E-state index contributed by atoms with van der Waals surface area (Å²) in [5.41, 5.74) is 8.08. The van der Waals surface area contributed by atoms with Crippen LogP contribution in [0.2, 0.25) is 0 Å². The summed E-state index contributed by atoms with van der Waals surface area (Å²) in [5.74, 6) is 0.343. The number of benzene rings is 1. The molecule has 2 aromatic rings. The number of anilines is 1. The van der Waals surface area contributed by atoms with Gasteiger partial charge in [-0.25, -0.2) is 9.37 Å². The van der Waals surface area contributed by atoms with E-state index >= 15 is 0 Å². The van der Waals surface area contributed by atoms with Gasteiger partial charge in [-0.05, 0) is 36.6 Å². The van der Waals surface area contributed by atoms with Gasteiger partial charge < -0.3 is 10.6 Å². The maximum atomic E-state index is 13.0. The van der Waals surface area contributed by atoms with Crippen LogP contribution in [0, 0.1) is 11.7 Å². The SMILES string of the molecule is CCCC1CN(c2nc(-c3ccc(F)cc3)cs2)CC1N. The average Bonchev–Trinajstić information content (AvgIpc) is 3.08. The Bertz CT molecular complexity index is 596. The molecule has 2 unspecified atom stereocenters. The van der Waals surface area contributed by atoms with Gasteiger partial charge in [-0.3, -0.25) is 0 Å². The molecule has 1 aromatic carbocycles. The van der Waals surface area contributed by atoms with Crippen LogP contribution in [0.5, 0.6) is 0 Å². The van der Waals surface area contributed by atoms with E-state index in [0.29, 0.717) is 5.92 Å². The highest BCUT2D eigenvalue weighted by molar-refractivity contribution is 7.14. The molecule has 2 N–H and O–H groups in total. The number of nitrogens with zero attached hydrogens (tertiary/aromatic N) is 2. The van der Waals surface area contributed by atoms with Crippen LogP contribution < -0.4 is 10.6 Å². The molecule has 0 bridgehead atoms. The van der Waals surface area contributed by atoms with Gasteiger partial charge >= 0.3 is 0 Å². The van der Waals surface area contributed by atoms with Crippen LogP contribution in [0.25, 0.3) is 11.3 Å². The zero-order valence-corrected chi connectivity index (χ0v) is 12.9. The van der Waals surface area contributed by atoms with Crippen molar-refractivity contribution in [1.82, 2.24) is 4.98 Å². The molecule has 0 aliphatic carbocycles. The van der Waals surface area contributed by atoms with Crippen molar-refractivity contribution in [2.45, 2.75) is 25.8 Å². The summed E-state index contributed by atoms with van der Waals surface area (Å²) in [5, 5.41) is 3.05. The fraction of sp³-hybridized carbons (Fsp3) is 0.438. The monoisotopic (exact) mass is 305 g/mol. The van der Waals surface area contributed by atoms with Gasteiger partial charge in [-0.2, -0.15) is 0 Å². The first-order valence-electron chi connectivity index (χ1n) is 7.39. The molecule has 3 rings (SSSR count). The first-order chi connectivity index (χ1) is 10.2. The number of halogens is 1. The molecule has 0 spiro atoms. The molecule has 2 atom stereocenters. The van der Waals surface area contributed by atoms with Crippen molar-refractivity contribution in [1.29, 1.82) is 0 Å². The molecule has 0 amide bonds. The number of rotatable bonds is 4. The maximum absolute atomic E-state index is 13.0. The quantitative estimate of drug-likeness (QED) is 0.940. The minimum atomic E-state index is -0.220. The van der Waals surface area contributed by atoms with E-state index in [1.54, 1.807) is 23.5 Å². The van der Waals surface area contributed by atoms with Crippen molar-refractivity contribution in [2.75, 3.05) is 18.0 Å². The largest absolute Gasteiger partial charge is 0.346 e. The predicted molar refractivity (Wildman–Crippen MR) is 86.1 cm³/mol. The van der Waals surface area contributed by atoms with Crippen molar-refractivity contribution in [3.8, 4) is 11.3 Å². The highest BCUT2D eigenvalue weighted by Crippen LogP contribution is 2.31. The van der Waals surface area contributed by atoms with Gasteiger partial charge in [0.1, 0.15) is 5.82 Å². The van der Waals surface area contributed by atoms with Gasteiger partial charge in [0.05, 0.1) is 5.69 Å². The van der Waals surface area contributed by atoms with Crippen LogP contribution >= 0.6 is 11.3 Å². The molecule has 0 saturated carbocycles. The lowest BCUT2D eigenvalue weighted by Gasteiger charge is -2.14. The minimum absolute atomic E-state index is 0.220. The molecule has 1 aliphatic heterocycles. The van der Waals surface area contributed by atoms with E-state index in [1.165, 1.54) is 25.0 Å². The fourth-order valence-electron chi connectivity index (χ4n) is 2.89. The van der Waals surface area contributed by atoms with E-state index < -0.39 is 0 Å². The van der Waals surface area contributed by atoms with Crippen molar-refractivity contribution in [3.05, 3.63) is 35.5 Å². The Balaban J connectivity index is 1.75. The predicted octanol–water partition coefficient (Wildman–Crippen LogP) is 3.51. The third-order valence-corrected chi connectivity index (χ3v) is 4.96. The van der Waals surface area contributed by atoms with Crippen LogP contribution in [0.3, 0.4) is 0 Å². The summed E-state index contributed by atoms with van der Waals surface area (Å²) in [4.78, 5) is 6.97. The van der Waals surface area contributed by atoms with Crippen molar-refractivity contribution in [3.63, 3.8) is 0 Å². The zero-order chi connectivity index (χ0) is 14.8. The number of nitrogens with two attached hydrogens (primary N) is 1. The maximum Gasteiger partial charge on any atom is 0.185 e. The molecule has 0 radical (unpaired) electrons. The molecular formula is C16H20FN3S. The molecule has 112 valence electrons. The molecule has 3 nitrogen and oxygen atoms in total. The van der Waals surface area contributed by atoms with E-state index in [-0.39, 0.29) is 11.9 Å². The first-order valence-corrected chi connectivity index (χ1v) is 8.27. The molecule has 21 heavy (non-hydrogen) atoms. The molecule has 1 aromatic heterocycles. The van der Waals surface area contributed by atoms with Gasteiger partial charge in [0.2, 0.25) is 0 Å². The zero-order valence-electron chi connectivity index (χ0n) is 12.1. The van der Waals surface area contributed by atoms with Gasteiger partial charge in [0, 0.05) is 30.1 Å². The summed E-state index contributed by atoms with van der Waals surface area (Å²) in [6.45, 7) is 4.07. The van der Waals surface area contributed by atoms with E-state index in [0.717, 1.165) is 29.5 Å². The highest BCUT2D eigenvalue weighted by atomic mass is 32.1. The Hall–Kier alpha value is -1.46. The molecule has 5 heteroatoms. The lowest BCUT2D eigenvalue weighted by molar-refractivity contribution is 0.472. The van der Waals surface area contributed by atoms with Gasteiger partial charge in [-0.1, -0.05) is 13.3 Å². The Morgan fingerprint density at radius 1 is 1.33 bits per heavy atom. The van der Waals surface area contributed by atoms with Crippen LogP contribution in [-0.2, 0) is 0 Å². The first kappa shape index (κ1) is 14.5. The molecule has 2 heterocycles. The second-order valence-electron chi connectivity index (χ2n) is 5.64. The van der Waals surface area contributed by atoms with Crippen LogP contribution in [0.15, 0.2) is 29.6 Å². The third-order valence-electron chi connectivity index (χ3n) is 4.05. The lowest BCUT2D eigenvalue weighted by atomic mass is 9.99. The standard InChI is InChI=1S/C16H20FN3S/c1-2-3-12-8-20(9-14(12)18)16-19-15(10-21-16)11-4-6-13(17)7-5-11/h4-7,10,12,14H,2-3,8-9,18H2,1H3. The Kier molecular flexibility index (Phi) is 4.22. The third kappa shape index (κ3) is 3.09. The second kappa shape index (κ2) is 6.12. The minimum Gasteiger partial charge on any atom is -0.346 e. The Labute approximate surface area is 128 Å².